The van der Waals surface area contributed by atoms with Crippen LogP contribution >= 0.6 is 11.8 Å². The van der Waals surface area contributed by atoms with Crippen molar-refractivity contribution in [3.05, 3.63) is 0 Å². The largest absolute Gasteiger partial charge is 0.394 e. The lowest BCUT2D eigenvalue weighted by molar-refractivity contribution is -0.117. The molecule has 0 heterocycles. The third-order valence-corrected chi connectivity index (χ3v) is 2.93. The minimum atomic E-state index is -0.761. The first-order valence-electron chi connectivity index (χ1n) is 3.81. The SMILES string of the molecule is CCC(SCC(O)CO)C(N)=O. The molecule has 0 aliphatic heterocycles. The third-order valence-electron chi connectivity index (χ3n) is 1.39. The summed E-state index contributed by atoms with van der Waals surface area (Å²) in [7, 11) is 0. The second kappa shape index (κ2) is 6.28. The van der Waals surface area contributed by atoms with Gasteiger partial charge in [-0.15, -0.1) is 11.8 Å². The number of rotatable bonds is 6. The Balaban J connectivity index is 3.65. The van der Waals surface area contributed by atoms with Crippen molar-refractivity contribution >= 4 is 17.7 Å². The molecule has 0 saturated heterocycles. The second-order valence-electron chi connectivity index (χ2n) is 2.47. The van der Waals surface area contributed by atoms with Crippen molar-refractivity contribution < 1.29 is 15.0 Å². The summed E-state index contributed by atoms with van der Waals surface area (Å²) in [6, 6.07) is 0. The van der Waals surface area contributed by atoms with E-state index in [4.69, 9.17) is 15.9 Å². The molecule has 0 saturated carbocycles. The van der Waals surface area contributed by atoms with Crippen molar-refractivity contribution in [2.75, 3.05) is 12.4 Å². The summed E-state index contributed by atoms with van der Waals surface area (Å²) in [6.45, 7) is 1.58. The highest BCUT2D eigenvalue weighted by Gasteiger charge is 2.14. The molecule has 4 nitrogen and oxygen atoms in total. The van der Waals surface area contributed by atoms with E-state index in [1.165, 1.54) is 11.8 Å². The van der Waals surface area contributed by atoms with Crippen molar-refractivity contribution in [3.8, 4) is 0 Å². The predicted molar refractivity (Wildman–Crippen MR) is 48.8 cm³/mol. The number of nitrogens with two attached hydrogens (primary N) is 1. The molecule has 0 radical (unpaired) electrons. The average Bonchev–Trinajstić information content (AvgIpc) is 2.04. The molecular formula is C7H15NO3S. The summed E-state index contributed by atoms with van der Waals surface area (Å²) in [5.41, 5.74) is 5.07. The van der Waals surface area contributed by atoms with Crippen LogP contribution in [0, 0.1) is 0 Å². The van der Waals surface area contributed by atoms with Crippen LogP contribution in [0.2, 0.25) is 0 Å². The van der Waals surface area contributed by atoms with Crippen molar-refractivity contribution in [1.82, 2.24) is 0 Å². The van der Waals surface area contributed by atoms with Crippen molar-refractivity contribution in [3.63, 3.8) is 0 Å². The van der Waals surface area contributed by atoms with Crippen molar-refractivity contribution in [2.24, 2.45) is 5.73 Å². The van der Waals surface area contributed by atoms with E-state index in [1.54, 1.807) is 0 Å². The highest BCUT2D eigenvalue weighted by Crippen LogP contribution is 2.14. The van der Waals surface area contributed by atoms with Crippen LogP contribution in [0.5, 0.6) is 0 Å². The Bertz CT molecular complexity index is 143. The van der Waals surface area contributed by atoms with Gasteiger partial charge in [0, 0.05) is 5.75 Å². The van der Waals surface area contributed by atoms with Crippen LogP contribution in [0.25, 0.3) is 0 Å². The van der Waals surface area contributed by atoms with Crippen LogP contribution < -0.4 is 5.73 Å². The topological polar surface area (TPSA) is 83.6 Å². The second-order valence-corrected chi connectivity index (χ2v) is 3.70. The Labute approximate surface area is 76.1 Å². The number of hydrogen-bond acceptors (Lipinski definition) is 4. The number of thioether (sulfide) groups is 1. The Hall–Kier alpha value is -0.260. The molecule has 2 unspecified atom stereocenters. The number of aliphatic hydroxyl groups excluding tert-OH is 2. The lowest BCUT2D eigenvalue weighted by Gasteiger charge is -2.12. The zero-order chi connectivity index (χ0) is 9.56. The molecule has 0 aromatic heterocycles. The van der Waals surface area contributed by atoms with E-state index in [9.17, 15) is 4.79 Å². The fourth-order valence-electron chi connectivity index (χ4n) is 0.681. The van der Waals surface area contributed by atoms with Crippen LogP contribution in [0.15, 0.2) is 0 Å². The van der Waals surface area contributed by atoms with Gasteiger partial charge in [0.25, 0.3) is 0 Å². The minimum absolute atomic E-state index is 0.258. The molecule has 4 N–H and O–H groups in total. The summed E-state index contributed by atoms with van der Waals surface area (Å²) >= 11 is 1.28. The van der Waals surface area contributed by atoms with Gasteiger partial charge >= 0.3 is 0 Å². The van der Waals surface area contributed by atoms with Gasteiger partial charge in [-0.1, -0.05) is 6.92 Å². The molecule has 2 atom stereocenters. The molecule has 72 valence electrons. The fourth-order valence-corrected chi connectivity index (χ4v) is 1.64. The zero-order valence-electron chi connectivity index (χ0n) is 7.06. The Morgan fingerprint density at radius 3 is 2.58 bits per heavy atom. The molecule has 0 rings (SSSR count). The van der Waals surface area contributed by atoms with Gasteiger partial charge in [0.15, 0.2) is 0 Å². The monoisotopic (exact) mass is 193 g/mol. The number of amides is 1. The van der Waals surface area contributed by atoms with Crippen LogP contribution in [-0.4, -0.2) is 39.8 Å². The maximum atomic E-state index is 10.7. The normalized spacial score (nSPS) is 15.6. The lowest BCUT2D eigenvalue weighted by Crippen LogP contribution is -2.27. The minimum Gasteiger partial charge on any atom is -0.394 e. The van der Waals surface area contributed by atoms with Crippen LogP contribution in [0.1, 0.15) is 13.3 Å². The maximum absolute atomic E-state index is 10.7. The summed E-state index contributed by atoms with van der Waals surface area (Å²) in [4.78, 5) is 10.7. The van der Waals surface area contributed by atoms with Gasteiger partial charge in [-0.25, -0.2) is 0 Å². The van der Waals surface area contributed by atoms with Gasteiger partial charge in [-0.3, -0.25) is 4.79 Å². The van der Waals surface area contributed by atoms with Gasteiger partial charge in [-0.05, 0) is 6.42 Å². The molecule has 0 aromatic carbocycles. The van der Waals surface area contributed by atoms with Gasteiger partial charge < -0.3 is 15.9 Å². The molecule has 0 aromatic rings. The van der Waals surface area contributed by atoms with Crippen LogP contribution in [-0.2, 0) is 4.79 Å². The number of carbonyl (C=O) groups excluding carboxylic acids is 1. The van der Waals surface area contributed by atoms with E-state index < -0.39 is 6.10 Å². The Morgan fingerprint density at radius 1 is 1.67 bits per heavy atom. The number of aliphatic hydroxyl groups is 2. The standard InChI is InChI=1S/C7H15NO3S/c1-2-6(7(8)11)12-4-5(10)3-9/h5-6,9-10H,2-4H2,1H3,(H2,8,11). The van der Waals surface area contributed by atoms with Gasteiger partial charge in [0.2, 0.25) is 5.91 Å². The van der Waals surface area contributed by atoms with E-state index in [0.717, 1.165) is 0 Å². The predicted octanol–water partition coefficient (Wildman–Crippen LogP) is -0.663. The van der Waals surface area contributed by atoms with Gasteiger partial charge in [0.1, 0.15) is 0 Å². The third kappa shape index (κ3) is 4.58. The quantitative estimate of drug-likeness (QED) is 0.523. The summed E-state index contributed by atoms with van der Waals surface area (Å²) in [5.74, 6) is -0.0227. The van der Waals surface area contributed by atoms with Crippen LogP contribution in [0.3, 0.4) is 0 Å². The molecular weight excluding hydrogens is 178 g/mol. The molecule has 0 spiro atoms. The summed E-state index contributed by atoms with van der Waals surface area (Å²) < 4.78 is 0. The summed E-state index contributed by atoms with van der Waals surface area (Å²) in [6.07, 6.45) is -0.110. The van der Waals surface area contributed by atoms with Crippen molar-refractivity contribution in [2.45, 2.75) is 24.7 Å². The first-order valence-corrected chi connectivity index (χ1v) is 4.86. The fraction of sp³-hybridized carbons (Fsp3) is 0.857. The number of carbonyl (C=O) groups is 1. The molecule has 0 fully saturated rings. The lowest BCUT2D eigenvalue weighted by atomic mass is 10.3. The van der Waals surface area contributed by atoms with E-state index in [0.29, 0.717) is 12.2 Å². The Morgan fingerprint density at radius 2 is 2.25 bits per heavy atom. The van der Waals surface area contributed by atoms with Gasteiger partial charge in [-0.2, -0.15) is 0 Å². The summed E-state index contributed by atoms with van der Waals surface area (Å²) in [5, 5.41) is 17.2. The molecule has 0 aliphatic carbocycles. The first-order chi connectivity index (χ1) is 5.61. The molecule has 12 heavy (non-hydrogen) atoms. The smallest absolute Gasteiger partial charge is 0.230 e. The highest BCUT2D eigenvalue weighted by atomic mass is 32.2. The van der Waals surface area contributed by atoms with E-state index in [1.807, 2.05) is 6.92 Å². The number of primary amides is 1. The molecule has 0 bridgehead atoms. The maximum Gasteiger partial charge on any atom is 0.230 e. The average molecular weight is 193 g/mol. The van der Waals surface area contributed by atoms with E-state index >= 15 is 0 Å². The van der Waals surface area contributed by atoms with Crippen molar-refractivity contribution in [1.29, 1.82) is 0 Å². The molecule has 0 aliphatic rings. The zero-order valence-corrected chi connectivity index (χ0v) is 7.88. The van der Waals surface area contributed by atoms with E-state index in [2.05, 4.69) is 0 Å². The van der Waals surface area contributed by atoms with Crippen LogP contribution in [0.4, 0.5) is 0 Å². The molecule has 1 amide bonds. The first kappa shape index (κ1) is 11.7. The Kier molecular flexibility index (Phi) is 6.14. The highest BCUT2D eigenvalue weighted by molar-refractivity contribution is 8.00. The molecule has 5 heteroatoms. The van der Waals surface area contributed by atoms with Gasteiger partial charge in [0.05, 0.1) is 18.0 Å². The van der Waals surface area contributed by atoms with E-state index in [-0.39, 0.29) is 17.8 Å². The number of hydrogen-bond donors (Lipinski definition) is 3.